The number of hydrogen-bond donors (Lipinski definition) is 2. The first-order valence-corrected chi connectivity index (χ1v) is 11.6. The second kappa shape index (κ2) is 9.99. The highest BCUT2D eigenvalue weighted by atomic mass is 35.5. The monoisotopic (exact) mass is 459 g/mol. The SMILES string of the molecule is COCCNSc1ccc(Nc2ncc3cc(Cl)c(=O)n(C4CCCC4)c3n2)c(C)c1. The number of hydrogen-bond acceptors (Lipinski definition) is 7. The molecule has 0 atom stereocenters. The molecule has 0 unspecified atom stereocenters. The van der Waals surface area contributed by atoms with E-state index in [-0.39, 0.29) is 16.6 Å². The van der Waals surface area contributed by atoms with Crippen LogP contribution in [0.1, 0.15) is 37.3 Å². The maximum absolute atomic E-state index is 12.8. The summed E-state index contributed by atoms with van der Waals surface area (Å²) < 4.78 is 10.1. The molecule has 0 spiro atoms. The molecule has 4 rings (SSSR count). The van der Waals surface area contributed by atoms with Gasteiger partial charge in [-0.15, -0.1) is 0 Å². The Bertz CT molecular complexity index is 1130. The molecular formula is C22H26ClN5O2S. The van der Waals surface area contributed by atoms with E-state index in [9.17, 15) is 4.79 Å². The summed E-state index contributed by atoms with van der Waals surface area (Å²) in [5.41, 5.74) is 2.45. The normalized spacial score (nSPS) is 14.4. The molecule has 3 aromatic rings. The first kappa shape index (κ1) is 22.1. The fourth-order valence-electron chi connectivity index (χ4n) is 3.89. The van der Waals surface area contributed by atoms with Crippen LogP contribution in [0.15, 0.2) is 40.2 Å². The summed E-state index contributed by atoms with van der Waals surface area (Å²) in [6, 6.07) is 7.94. The Kier molecular flexibility index (Phi) is 7.12. The third-order valence-electron chi connectivity index (χ3n) is 5.46. The molecule has 164 valence electrons. The third kappa shape index (κ3) is 5.03. The van der Waals surface area contributed by atoms with Gasteiger partial charge >= 0.3 is 0 Å². The topological polar surface area (TPSA) is 81.1 Å². The molecule has 2 N–H and O–H groups in total. The number of benzene rings is 1. The van der Waals surface area contributed by atoms with E-state index in [1.165, 1.54) is 0 Å². The van der Waals surface area contributed by atoms with Gasteiger partial charge in [0.2, 0.25) is 5.95 Å². The lowest BCUT2D eigenvalue weighted by atomic mass is 10.2. The van der Waals surface area contributed by atoms with Gasteiger partial charge in [-0.05, 0) is 61.5 Å². The average Bonchev–Trinajstić information content (AvgIpc) is 3.28. The Morgan fingerprint density at radius 1 is 1.29 bits per heavy atom. The van der Waals surface area contributed by atoms with Crippen molar-refractivity contribution in [2.45, 2.75) is 43.5 Å². The Labute approximate surface area is 190 Å². The molecule has 0 radical (unpaired) electrons. The first-order valence-electron chi connectivity index (χ1n) is 10.4. The summed E-state index contributed by atoms with van der Waals surface area (Å²) in [4.78, 5) is 23.1. The number of rotatable bonds is 8. The Hall–Kier alpha value is -2.13. The van der Waals surface area contributed by atoms with Crippen LogP contribution in [-0.2, 0) is 4.74 Å². The summed E-state index contributed by atoms with van der Waals surface area (Å²) in [6.07, 6.45) is 5.90. The standard InChI is InChI=1S/C22H26ClN5O2S/c1-14-11-17(31-25-9-10-30-2)7-8-19(14)26-22-24-13-15-12-18(23)21(29)28(20(15)27-22)16-5-3-4-6-16/h7-8,11-13,16,25H,3-6,9-10H2,1-2H3,(H,24,26,27). The number of fused-ring (bicyclic) bond motifs is 1. The first-order chi connectivity index (χ1) is 15.1. The lowest BCUT2D eigenvalue weighted by Crippen LogP contribution is -2.25. The van der Waals surface area contributed by atoms with Crippen LogP contribution < -0.4 is 15.6 Å². The minimum absolute atomic E-state index is 0.139. The van der Waals surface area contributed by atoms with Crippen LogP contribution in [0.25, 0.3) is 11.0 Å². The molecule has 31 heavy (non-hydrogen) atoms. The number of nitrogens with zero attached hydrogens (tertiary/aromatic N) is 3. The maximum Gasteiger partial charge on any atom is 0.271 e. The van der Waals surface area contributed by atoms with Gasteiger partial charge in [0.25, 0.3) is 5.56 Å². The minimum Gasteiger partial charge on any atom is -0.383 e. The molecule has 1 fully saturated rings. The van der Waals surface area contributed by atoms with E-state index in [0.29, 0.717) is 18.2 Å². The number of methoxy groups -OCH3 is 1. The van der Waals surface area contributed by atoms with Crippen molar-refractivity contribution in [1.82, 2.24) is 19.3 Å². The van der Waals surface area contributed by atoms with E-state index in [1.807, 2.05) is 19.1 Å². The van der Waals surface area contributed by atoms with Crippen LogP contribution in [0.3, 0.4) is 0 Å². The average molecular weight is 460 g/mol. The molecule has 0 bridgehead atoms. The maximum atomic E-state index is 12.8. The van der Waals surface area contributed by atoms with Crippen LogP contribution in [0.5, 0.6) is 0 Å². The molecule has 2 aromatic heterocycles. The Morgan fingerprint density at radius 3 is 2.84 bits per heavy atom. The number of ether oxygens (including phenoxy) is 1. The lowest BCUT2D eigenvalue weighted by molar-refractivity contribution is 0.205. The van der Waals surface area contributed by atoms with E-state index >= 15 is 0 Å². The highest BCUT2D eigenvalue weighted by Crippen LogP contribution is 2.31. The number of aryl methyl sites for hydroxylation is 1. The van der Waals surface area contributed by atoms with Crippen molar-refractivity contribution in [2.75, 3.05) is 25.6 Å². The van der Waals surface area contributed by atoms with Gasteiger partial charge in [0.15, 0.2) is 0 Å². The number of aromatic nitrogens is 3. The second-order valence-corrected chi connectivity index (χ2v) is 9.04. The van der Waals surface area contributed by atoms with Crippen LogP contribution >= 0.6 is 23.5 Å². The van der Waals surface area contributed by atoms with Crippen molar-refractivity contribution in [1.29, 1.82) is 0 Å². The molecule has 0 amide bonds. The van der Waals surface area contributed by atoms with Crippen molar-refractivity contribution in [3.63, 3.8) is 0 Å². The summed E-state index contributed by atoms with van der Waals surface area (Å²) >= 11 is 7.78. The molecule has 7 nitrogen and oxygen atoms in total. The van der Waals surface area contributed by atoms with Crippen LogP contribution in [-0.4, -0.2) is 34.8 Å². The quantitative estimate of drug-likeness (QED) is 0.368. The number of pyridine rings is 1. The van der Waals surface area contributed by atoms with Crippen LogP contribution in [0.4, 0.5) is 11.6 Å². The lowest BCUT2D eigenvalue weighted by Gasteiger charge is -2.17. The molecule has 1 aliphatic carbocycles. The van der Waals surface area contributed by atoms with Crippen molar-refractivity contribution in [3.8, 4) is 0 Å². The van der Waals surface area contributed by atoms with Gasteiger partial charge < -0.3 is 10.1 Å². The van der Waals surface area contributed by atoms with Gasteiger partial charge in [-0.2, -0.15) is 4.98 Å². The zero-order valence-electron chi connectivity index (χ0n) is 17.7. The van der Waals surface area contributed by atoms with Gasteiger partial charge in [-0.25, -0.2) is 4.98 Å². The number of halogens is 1. The van der Waals surface area contributed by atoms with Crippen LogP contribution in [0.2, 0.25) is 5.02 Å². The molecular weight excluding hydrogens is 434 g/mol. The molecule has 1 saturated carbocycles. The third-order valence-corrected chi connectivity index (χ3v) is 6.57. The molecule has 1 aliphatic rings. The summed E-state index contributed by atoms with van der Waals surface area (Å²) in [5.74, 6) is 0.461. The van der Waals surface area contributed by atoms with Gasteiger partial charge in [-0.1, -0.05) is 24.4 Å². The Morgan fingerprint density at radius 2 is 2.10 bits per heavy atom. The second-order valence-electron chi connectivity index (χ2n) is 7.67. The molecule has 0 aliphatic heterocycles. The van der Waals surface area contributed by atoms with E-state index in [1.54, 1.807) is 35.9 Å². The molecule has 2 heterocycles. The van der Waals surface area contributed by atoms with Crippen molar-refractivity contribution < 1.29 is 4.74 Å². The van der Waals surface area contributed by atoms with E-state index < -0.39 is 0 Å². The van der Waals surface area contributed by atoms with Crippen molar-refractivity contribution in [2.24, 2.45) is 0 Å². The highest BCUT2D eigenvalue weighted by Gasteiger charge is 2.22. The molecule has 1 aromatic carbocycles. The number of anilines is 2. The minimum atomic E-state index is -0.177. The highest BCUT2D eigenvalue weighted by molar-refractivity contribution is 7.97. The predicted molar refractivity (Wildman–Crippen MR) is 127 cm³/mol. The van der Waals surface area contributed by atoms with E-state index in [0.717, 1.165) is 53.8 Å². The zero-order chi connectivity index (χ0) is 21.8. The van der Waals surface area contributed by atoms with Gasteiger partial charge in [0, 0.05) is 41.9 Å². The van der Waals surface area contributed by atoms with E-state index in [4.69, 9.17) is 21.3 Å². The van der Waals surface area contributed by atoms with Gasteiger partial charge in [0.1, 0.15) is 10.7 Å². The van der Waals surface area contributed by atoms with Gasteiger partial charge in [0.05, 0.1) is 6.61 Å². The smallest absolute Gasteiger partial charge is 0.271 e. The van der Waals surface area contributed by atoms with Gasteiger partial charge in [-0.3, -0.25) is 14.1 Å². The zero-order valence-corrected chi connectivity index (χ0v) is 19.2. The number of nitrogens with one attached hydrogen (secondary N) is 2. The Balaban J connectivity index is 1.60. The molecule has 9 heteroatoms. The van der Waals surface area contributed by atoms with Crippen LogP contribution in [0, 0.1) is 6.92 Å². The molecule has 0 saturated heterocycles. The summed E-state index contributed by atoms with van der Waals surface area (Å²) in [5, 5.41) is 4.29. The van der Waals surface area contributed by atoms with E-state index in [2.05, 4.69) is 21.1 Å². The fourth-order valence-corrected chi connectivity index (χ4v) is 4.82. The fraction of sp³-hybridized carbons (Fsp3) is 0.409. The summed E-state index contributed by atoms with van der Waals surface area (Å²) in [6.45, 7) is 3.48. The van der Waals surface area contributed by atoms with Crippen molar-refractivity contribution in [3.05, 3.63) is 51.4 Å². The van der Waals surface area contributed by atoms with Crippen molar-refractivity contribution >= 4 is 46.2 Å². The largest absolute Gasteiger partial charge is 0.383 e. The summed E-state index contributed by atoms with van der Waals surface area (Å²) in [7, 11) is 1.69. The predicted octanol–water partition coefficient (Wildman–Crippen LogP) is 4.86.